The smallest absolute Gasteiger partial charge is 0.335 e. The second-order valence-electron chi connectivity index (χ2n) is 5.49. The van der Waals surface area contributed by atoms with E-state index < -0.39 is 0 Å². The summed E-state index contributed by atoms with van der Waals surface area (Å²) in [5, 5.41) is 4.11. The third kappa shape index (κ3) is 5.59. The number of allylic oxidation sites excluding steroid dienone is 3. The van der Waals surface area contributed by atoms with Gasteiger partial charge in [0.15, 0.2) is 0 Å². The molecule has 0 aromatic heterocycles. The van der Waals surface area contributed by atoms with Gasteiger partial charge in [0.25, 0.3) is 0 Å². The van der Waals surface area contributed by atoms with E-state index >= 15 is 0 Å². The van der Waals surface area contributed by atoms with Crippen molar-refractivity contribution in [3.05, 3.63) is 94.5 Å². The van der Waals surface area contributed by atoms with E-state index in [2.05, 4.69) is 5.32 Å². The minimum atomic E-state index is -0.362. The molecule has 2 aromatic rings. The van der Waals surface area contributed by atoms with Crippen LogP contribution in [0.3, 0.4) is 0 Å². The van der Waals surface area contributed by atoms with Gasteiger partial charge in [-0.15, -0.1) is 0 Å². The maximum absolute atomic E-state index is 12.3. The van der Waals surface area contributed by atoms with Gasteiger partial charge < -0.3 is 10.1 Å². The number of benzene rings is 2. The van der Waals surface area contributed by atoms with Gasteiger partial charge in [0, 0.05) is 11.6 Å². The molecule has 0 aliphatic heterocycles. The molecule has 130 valence electrons. The highest BCUT2D eigenvalue weighted by Gasteiger charge is 2.22. The fourth-order valence-electron chi connectivity index (χ4n) is 2.48. The maximum atomic E-state index is 12.3. The summed E-state index contributed by atoms with van der Waals surface area (Å²) in [5.74, 6) is -0.362. The molecule has 2 aromatic carbocycles. The largest absolute Gasteiger partial charge is 0.466 e. The molecule has 3 nitrogen and oxygen atoms in total. The zero-order chi connectivity index (χ0) is 18.1. The van der Waals surface area contributed by atoms with Crippen LogP contribution in [0.2, 0.25) is 5.02 Å². The monoisotopic (exact) mass is 355 g/mol. The number of nitrogens with one attached hydrogen (secondary N) is 1. The van der Waals surface area contributed by atoms with Crippen LogP contribution in [0, 0.1) is 0 Å². The van der Waals surface area contributed by atoms with Crippen LogP contribution < -0.4 is 5.32 Å². The molecule has 0 saturated carbocycles. The summed E-state index contributed by atoms with van der Waals surface area (Å²) in [5.41, 5.74) is 2.62. The predicted octanol–water partition coefficient (Wildman–Crippen LogP) is 4.85. The standard InChI is InChI=1S/C21H22ClNO2/c1-3-4-10-19(21(24)25-2)20(17-11-13-18(22)14-12-17)23-15-16-8-6-5-7-9-16/h3-14,20,23H,15H2,1-2H3/b4-3+,19-10+. The van der Waals surface area contributed by atoms with Crippen LogP contribution in [0.4, 0.5) is 0 Å². The van der Waals surface area contributed by atoms with Gasteiger partial charge in [-0.2, -0.15) is 0 Å². The lowest BCUT2D eigenvalue weighted by Crippen LogP contribution is -2.27. The number of esters is 1. The van der Waals surface area contributed by atoms with Gasteiger partial charge in [-0.25, -0.2) is 4.79 Å². The molecule has 0 radical (unpaired) electrons. The summed E-state index contributed by atoms with van der Waals surface area (Å²) >= 11 is 6.00. The Morgan fingerprint density at radius 3 is 2.44 bits per heavy atom. The Labute approximate surface area is 154 Å². The van der Waals surface area contributed by atoms with Crippen molar-refractivity contribution < 1.29 is 9.53 Å². The Bertz CT molecular complexity index is 736. The van der Waals surface area contributed by atoms with Crippen molar-refractivity contribution in [2.45, 2.75) is 19.5 Å². The van der Waals surface area contributed by atoms with E-state index in [0.717, 1.165) is 11.1 Å². The number of hydrogen-bond donors (Lipinski definition) is 1. The van der Waals surface area contributed by atoms with E-state index in [-0.39, 0.29) is 12.0 Å². The van der Waals surface area contributed by atoms with Crippen molar-refractivity contribution >= 4 is 17.6 Å². The van der Waals surface area contributed by atoms with Crippen LogP contribution in [0.15, 0.2) is 78.4 Å². The van der Waals surface area contributed by atoms with Crippen LogP contribution in [0.25, 0.3) is 0 Å². The number of rotatable bonds is 7. The van der Waals surface area contributed by atoms with Crippen LogP contribution in [-0.4, -0.2) is 13.1 Å². The quantitative estimate of drug-likeness (QED) is 0.438. The Morgan fingerprint density at radius 2 is 1.84 bits per heavy atom. The van der Waals surface area contributed by atoms with Gasteiger partial charge in [-0.05, 0) is 30.2 Å². The minimum Gasteiger partial charge on any atom is -0.466 e. The number of carbonyl (C=O) groups is 1. The van der Waals surface area contributed by atoms with Gasteiger partial charge in [-0.1, -0.05) is 72.3 Å². The molecule has 0 spiro atoms. The van der Waals surface area contributed by atoms with E-state index in [4.69, 9.17) is 16.3 Å². The molecular formula is C21H22ClNO2. The molecule has 1 unspecified atom stereocenters. The lowest BCUT2D eigenvalue weighted by molar-refractivity contribution is -0.136. The molecule has 0 aliphatic carbocycles. The average molecular weight is 356 g/mol. The topological polar surface area (TPSA) is 38.3 Å². The third-order valence-electron chi connectivity index (χ3n) is 3.76. The van der Waals surface area contributed by atoms with Crippen molar-refractivity contribution in [1.82, 2.24) is 5.32 Å². The molecule has 25 heavy (non-hydrogen) atoms. The van der Waals surface area contributed by atoms with Crippen molar-refractivity contribution in [3.63, 3.8) is 0 Å². The summed E-state index contributed by atoms with van der Waals surface area (Å²) in [7, 11) is 1.39. The van der Waals surface area contributed by atoms with Crippen molar-refractivity contribution in [2.75, 3.05) is 7.11 Å². The number of methoxy groups -OCH3 is 1. The van der Waals surface area contributed by atoms with Gasteiger partial charge >= 0.3 is 5.97 Å². The summed E-state index contributed by atoms with van der Waals surface area (Å²) < 4.78 is 4.98. The van der Waals surface area contributed by atoms with Crippen LogP contribution >= 0.6 is 11.6 Å². The van der Waals surface area contributed by atoms with Gasteiger partial charge in [-0.3, -0.25) is 0 Å². The molecule has 0 heterocycles. The number of ether oxygens (including phenoxy) is 1. The minimum absolute atomic E-state index is 0.305. The average Bonchev–Trinajstić information content (AvgIpc) is 2.65. The first-order chi connectivity index (χ1) is 12.2. The van der Waals surface area contributed by atoms with Crippen molar-refractivity contribution in [2.24, 2.45) is 0 Å². The lowest BCUT2D eigenvalue weighted by Gasteiger charge is -2.21. The second-order valence-corrected chi connectivity index (χ2v) is 5.93. The molecule has 0 bridgehead atoms. The summed E-state index contributed by atoms with van der Waals surface area (Å²) in [6.07, 6.45) is 5.49. The number of halogens is 1. The fourth-order valence-corrected chi connectivity index (χ4v) is 2.60. The normalized spacial score (nSPS) is 13.0. The second kappa shape index (κ2) is 9.82. The Balaban J connectivity index is 2.35. The SMILES string of the molecule is C/C=C/C=C(/C(=O)OC)C(NCc1ccccc1)c1ccc(Cl)cc1. The first-order valence-corrected chi connectivity index (χ1v) is 8.47. The summed E-state index contributed by atoms with van der Waals surface area (Å²) in [4.78, 5) is 12.3. The maximum Gasteiger partial charge on any atom is 0.335 e. The van der Waals surface area contributed by atoms with Crippen LogP contribution in [-0.2, 0) is 16.1 Å². The Kier molecular flexibility index (Phi) is 7.45. The number of hydrogen-bond acceptors (Lipinski definition) is 3. The Hall–Kier alpha value is -2.36. The van der Waals surface area contributed by atoms with Crippen molar-refractivity contribution in [3.8, 4) is 0 Å². The molecule has 0 saturated heterocycles. The first-order valence-electron chi connectivity index (χ1n) is 8.09. The van der Waals surface area contributed by atoms with E-state index in [9.17, 15) is 4.79 Å². The van der Waals surface area contributed by atoms with E-state index in [0.29, 0.717) is 17.1 Å². The summed E-state index contributed by atoms with van der Waals surface area (Å²) in [6, 6.07) is 17.2. The molecule has 0 fully saturated rings. The fraction of sp³-hybridized carbons (Fsp3) is 0.190. The molecule has 0 aliphatic rings. The molecule has 0 amide bonds. The zero-order valence-electron chi connectivity index (χ0n) is 14.4. The van der Waals surface area contributed by atoms with Crippen molar-refractivity contribution in [1.29, 1.82) is 0 Å². The van der Waals surface area contributed by atoms with Crippen LogP contribution in [0.1, 0.15) is 24.1 Å². The third-order valence-corrected chi connectivity index (χ3v) is 4.01. The highest BCUT2D eigenvalue weighted by molar-refractivity contribution is 6.30. The molecule has 1 N–H and O–H groups in total. The molecule has 2 rings (SSSR count). The zero-order valence-corrected chi connectivity index (χ0v) is 15.2. The van der Waals surface area contributed by atoms with E-state index in [1.165, 1.54) is 7.11 Å². The van der Waals surface area contributed by atoms with Gasteiger partial charge in [0.2, 0.25) is 0 Å². The predicted molar refractivity (Wildman–Crippen MR) is 102 cm³/mol. The van der Waals surface area contributed by atoms with Crippen LogP contribution in [0.5, 0.6) is 0 Å². The highest BCUT2D eigenvalue weighted by atomic mass is 35.5. The van der Waals surface area contributed by atoms with Gasteiger partial charge in [0.1, 0.15) is 0 Å². The van der Waals surface area contributed by atoms with E-state index in [1.54, 1.807) is 6.08 Å². The Morgan fingerprint density at radius 1 is 1.16 bits per heavy atom. The number of carbonyl (C=O) groups excluding carboxylic acids is 1. The molecule has 4 heteroatoms. The summed E-state index contributed by atoms with van der Waals surface area (Å²) in [6.45, 7) is 2.53. The van der Waals surface area contributed by atoms with E-state index in [1.807, 2.05) is 73.7 Å². The first kappa shape index (κ1) is 19.0. The lowest BCUT2D eigenvalue weighted by atomic mass is 9.97. The molecular weight excluding hydrogens is 334 g/mol. The highest BCUT2D eigenvalue weighted by Crippen LogP contribution is 2.25. The van der Waals surface area contributed by atoms with Gasteiger partial charge in [0.05, 0.1) is 18.7 Å². The molecule has 1 atom stereocenters.